The van der Waals surface area contributed by atoms with Gasteiger partial charge in [0.15, 0.2) is 0 Å². The van der Waals surface area contributed by atoms with Gasteiger partial charge in [0.25, 0.3) is 0 Å². The van der Waals surface area contributed by atoms with Crippen LogP contribution < -0.4 is 10.5 Å². The van der Waals surface area contributed by atoms with E-state index in [1.807, 2.05) is 0 Å². The van der Waals surface area contributed by atoms with Crippen LogP contribution in [0.1, 0.15) is 25.7 Å². The number of nitrogens with one attached hydrogen (secondary N) is 2. The average molecular weight is 233 g/mol. The van der Waals surface area contributed by atoms with Gasteiger partial charge >= 0.3 is 0 Å². The van der Waals surface area contributed by atoms with Crippen LogP contribution in [0.5, 0.6) is 0 Å². The molecule has 0 radical (unpaired) electrons. The molecule has 0 spiro atoms. The molecule has 4 N–H and O–H groups in total. The van der Waals surface area contributed by atoms with Gasteiger partial charge in [-0.05, 0) is 13.8 Å². The van der Waals surface area contributed by atoms with Crippen LogP contribution in [0.25, 0.3) is 0 Å². The van der Waals surface area contributed by atoms with Gasteiger partial charge in [-0.1, -0.05) is 0 Å². The summed E-state index contributed by atoms with van der Waals surface area (Å²) in [7, 11) is -3.40. The molecule has 8 heteroatoms. The predicted molar refractivity (Wildman–Crippen MR) is 55.4 cm³/mol. The lowest BCUT2D eigenvalue weighted by Crippen LogP contribution is -2.38. The number of sulfonamides is 1. The maximum absolute atomic E-state index is 11.6. The van der Waals surface area contributed by atoms with E-state index in [1.54, 1.807) is 13.8 Å². The van der Waals surface area contributed by atoms with Crippen molar-refractivity contribution < 1.29 is 8.42 Å². The minimum Gasteiger partial charge on any atom is -0.329 e. The lowest BCUT2D eigenvalue weighted by molar-refractivity contribution is 0.549. The van der Waals surface area contributed by atoms with Gasteiger partial charge in [0.1, 0.15) is 12.2 Å². The Kier molecular flexibility index (Phi) is 3.77. The summed E-state index contributed by atoms with van der Waals surface area (Å²) in [6.45, 7) is 3.31. The van der Waals surface area contributed by atoms with Crippen LogP contribution in [0, 0.1) is 0 Å². The molecule has 0 aliphatic rings. The topological polar surface area (TPSA) is 114 Å². The van der Waals surface area contributed by atoms with Crippen molar-refractivity contribution in [3.63, 3.8) is 0 Å². The van der Waals surface area contributed by atoms with E-state index >= 15 is 0 Å². The van der Waals surface area contributed by atoms with Crippen LogP contribution in [0.15, 0.2) is 6.33 Å². The first-order valence-electron chi connectivity index (χ1n) is 4.54. The number of H-pyrrole nitrogens is 1. The molecular formula is C7H15N5O2S. The lowest BCUT2D eigenvalue weighted by atomic mass is 10.3. The normalized spacial score (nSPS) is 16.2. The molecule has 86 valence electrons. The molecule has 0 saturated heterocycles. The van der Waals surface area contributed by atoms with Crippen LogP contribution in [0.2, 0.25) is 0 Å². The third-order valence-corrected chi connectivity index (χ3v) is 3.98. The summed E-state index contributed by atoms with van der Waals surface area (Å²) >= 11 is 0. The Morgan fingerprint density at radius 2 is 2.27 bits per heavy atom. The molecular weight excluding hydrogens is 218 g/mol. The predicted octanol–water partition coefficient (Wildman–Crippen LogP) is -0.868. The summed E-state index contributed by atoms with van der Waals surface area (Å²) in [5.74, 6) is 0.475. The Labute approximate surface area is 88.5 Å². The molecule has 0 aromatic carbocycles. The molecule has 0 saturated carbocycles. The highest BCUT2D eigenvalue weighted by Gasteiger charge is 2.22. The van der Waals surface area contributed by atoms with E-state index in [1.165, 1.54) is 6.33 Å². The quantitative estimate of drug-likeness (QED) is 0.612. The molecule has 0 aliphatic heterocycles. The molecule has 1 aromatic rings. The van der Waals surface area contributed by atoms with Gasteiger partial charge in [-0.3, -0.25) is 5.10 Å². The van der Waals surface area contributed by atoms with Gasteiger partial charge in [0.05, 0.1) is 11.3 Å². The number of aromatic nitrogens is 3. The number of hydrogen-bond donors (Lipinski definition) is 3. The highest BCUT2D eigenvalue weighted by molar-refractivity contribution is 7.90. The Morgan fingerprint density at radius 3 is 2.73 bits per heavy atom. The first kappa shape index (κ1) is 12.1. The standard InChI is InChI=1S/C7H15N5O2S/c1-5(3-8)15(13,14)12-6(2)7-9-4-10-11-7/h4-6,12H,3,8H2,1-2H3,(H,9,10,11). The molecule has 0 fully saturated rings. The monoisotopic (exact) mass is 233 g/mol. The van der Waals surface area contributed by atoms with E-state index in [-0.39, 0.29) is 6.54 Å². The molecule has 15 heavy (non-hydrogen) atoms. The van der Waals surface area contributed by atoms with Crippen LogP contribution >= 0.6 is 0 Å². The summed E-state index contributed by atoms with van der Waals surface area (Å²) in [5, 5.41) is 5.62. The largest absolute Gasteiger partial charge is 0.329 e. The lowest BCUT2D eigenvalue weighted by Gasteiger charge is -2.15. The van der Waals surface area contributed by atoms with Crippen molar-refractivity contribution in [2.75, 3.05) is 6.54 Å². The second kappa shape index (κ2) is 4.69. The summed E-state index contributed by atoms with van der Waals surface area (Å²) in [6.07, 6.45) is 1.33. The summed E-state index contributed by atoms with van der Waals surface area (Å²) in [4.78, 5) is 3.86. The fourth-order valence-corrected chi connectivity index (χ4v) is 2.06. The van der Waals surface area contributed by atoms with Gasteiger partial charge in [-0.2, -0.15) is 5.10 Å². The number of rotatable bonds is 5. The van der Waals surface area contributed by atoms with E-state index in [0.717, 1.165) is 0 Å². The van der Waals surface area contributed by atoms with Crippen molar-refractivity contribution in [2.24, 2.45) is 5.73 Å². The second-order valence-electron chi connectivity index (χ2n) is 3.30. The van der Waals surface area contributed by atoms with E-state index < -0.39 is 21.3 Å². The van der Waals surface area contributed by atoms with Crippen LogP contribution in [-0.2, 0) is 10.0 Å². The molecule has 1 aromatic heterocycles. The number of hydrogen-bond acceptors (Lipinski definition) is 5. The van der Waals surface area contributed by atoms with Crippen LogP contribution in [0.3, 0.4) is 0 Å². The fraction of sp³-hybridized carbons (Fsp3) is 0.714. The summed E-state index contributed by atoms with van der Waals surface area (Å²) in [5.41, 5.74) is 5.30. The minimum absolute atomic E-state index is 0.0818. The zero-order chi connectivity index (χ0) is 11.5. The maximum atomic E-state index is 11.6. The highest BCUT2D eigenvalue weighted by atomic mass is 32.2. The first-order chi connectivity index (χ1) is 6.97. The Balaban J connectivity index is 2.70. The van der Waals surface area contributed by atoms with E-state index in [9.17, 15) is 8.42 Å². The van der Waals surface area contributed by atoms with Crippen molar-refractivity contribution in [1.82, 2.24) is 19.9 Å². The van der Waals surface area contributed by atoms with Crippen molar-refractivity contribution in [3.8, 4) is 0 Å². The highest BCUT2D eigenvalue weighted by Crippen LogP contribution is 2.08. The van der Waals surface area contributed by atoms with Crippen molar-refractivity contribution in [3.05, 3.63) is 12.2 Å². The third kappa shape index (κ3) is 2.98. The maximum Gasteiger partial charge on any atom is 0.216 e. The third-order valence-electron chi connectivity index (χ3n) is 2.05. The number of nitrogens with two attached hydrogens (primary N) is 1. The van der Waals surface area contributed by atoms with Crippen molar-refractivity contribution >= 4 is 10.0 Å². The average Bonchev–Trinajstić information content (AvgIpc) is 2.68. The van der Waals surface area contributed by atoms with Crippen molar-refractivity contribution in [1.29, 1.82) is 0 Å². The van der Waals surface area contributed by atoms with E-state index in [4.69, 9.17) is 5.73 Å². The zero-order valence-electron chi connectivity index (χ0n) is 8.64. The molecule has 0 bridgehead atoms. The fourth-order valence-electron chi connectivity index (χ4n) is 0.969. The summed E-state index contributed by atoms with van der Waals surface area (Å²) in [6, 6.07) is -0.438. The van der Waals surface area contributed by atoms with Gasteiger partial charge in [0, 0.05) is 6.54 Å². The Hall–Kier alpha value is -0.990. The molecule has 0 amide bonds. The Morgan fingerprint density at radius 1 is 1.60 bits per heavy atom. The van der Waals surface area contributed by atoms with Crippen LogP contribution in [-0.4, -0.2) is 35.4 Å². The van der Waals surface area contributed by atoms with E-state index in [2.05, 4.69) is 19.9 Å². The SMILES string of the molecule is CC(NS(=O)(=O)C(C)CN)c1ncn[nH]1. The Bertz CT molecular complexity index is 388. The molecule has 2 unspecified atom stereocenters. The number of nitrogens with zero attached hydrogens (tertiary/aromatic N) is 2. The minimum atomic E-state index is -3.40. The zero-order valence-corrected chi connectivity index (χ0v) is 9.45. The van der Waals surface area contributed by atoms with Gasteiger partial charge in [0.2, 0.25) is 10.0 Å². The van der Waals surface area contributed by atoms with Gasteiger partial charge in [-0.15, -0.1) is 0 Å². The molecule has 1 rings (SSSR count). The molecule has 2 atom stereocenters. The van der Waals surface area contributed by atoms with Gasteiger partial charge < -0.3 is 5.73 Å². The first-order valence-corrected chi connectivity index (χ1v) is 6.08. The van der Waals surface area contributed by atoms with E-state index in [0.29, 0.717) is 5.82 Å². The second-order valence-corrected chi connectivity index (χ2v) is 5.43. The smallest absolute Gasteiger partial charge is 0.216 e. The molecule has 1 heterocycles. The summed E-state index contributed by atoms with van der Waals surface area (Å²) < 4.78 is 25.7. The van der Waals surface area contributed by atoms with Gasteiger partial charge in [-0.25, -0.2) is 18.1 Å². The number of aromatic amines is 1. The molecule has 0 aliphatic carbocycles. The van der Waals surface area contributed by atoms with Crippen molar-refractivity contribution in [2.45, 2.75) is 25.1 Å². The molecule has 7 nitrogen and oxygen atoms in total. The van der Waals surface area contributed by atoms with Crippen LogP contribution in [0.4, 0.5) is 0 Å².